The van der Waals surface area contributed by atoms with Crippen molar-refractivity contribution in [1.29, 1.82) is 0 Å². The quantitative estimate of drug-likeness (QED) is 0.547. The maximum absolute atomic E-state index is 13.0. The van der Waals surface area contributed by atoms with E-state index in [-0.39, 0.29) is 11.7 Å². The largest absolute Gasteiger partial charge is 0.347 e. The average Bonchev–Trinajstić information content (AvgIpc) is 3.34. The number of aromatic nitrogens is 5. The Labute approximate surface area is 166 Å². The van der Waals surface area contributed by atoms with E-state index < -0.39 is 0 Å². The van der Waals surface area contributed by atoms with Crippen molar-refractivity contribution in [1.82, 2.24) is 30.3 Å². The number of benzene rings is 1. The number of aromatic amines is 1. The van der Waals surface area contributed by atoms with Gasteiger partial charge in [-0.15, -0.1) is 0 Å². The fourth-order valence-electron chi connectivity index (χ4n) is 2.99. The minimum absolute atomic E-state index is 0.284. The van der Waals surface area contributed by atoms with Crippen LogP contribution in [-0.2, 0) is 6.54 Å². The van der Waals surface area contributed by atoms with Gasteiger partial charge in [0, 0.05) is 24.0 Å². The van der Waals surface area contributed by atoms with Crippen molar-refractivity contribution in [3.63, 3.8) is 0 Å². The normalized spacial score (nSPS) is 10.9. The maximum Gasteiger partial charge on any atom is 0.269 e. The van der Waals surface area contributed by atoms with Gasteiger partial charge in [-0.1, -0.05) is 6.07 Å². The van der Waals surface area contributed by atoms with Crippen molar-refractivity contribution >= 4 is 5.91 Å². The molecule has 1 aromatic carbocycles. The molecule has 1 amide bonds. The van der Waals surface area contributed by atoms with Crippen LogP contribution in [0.3, 0.4) is 0 Å². The second-order valence-electron chi connectivity index (χ2n) is 6.72. The molecule has 0 atom stereocenters. The summed E-state index contributed by atoms with van der Waals surface area (Å²) >= 11 is 0. The van der Waals surface area contributed by atoms with Crippen LogP contribution in [0.2, 0.25) is 0 Å². The molecule has 0 aliphatic rings. The predicted molar refractivity (Wildman–Crippen MR) is 106 cm³/mol. The molecule has 29 heavy (non-hydrogen) atoms. The van der Waals surface area contributed by atoms with Crippen LogP contribution in [0, 0.1) is 19.7 Å². The number of aryl methyl sites for hydroxylation is 2. The SMILES string of the molecule is Cc1cc(C)n(-c2ccc(CNC(=O)c3cc(-c4ccc(F)cc4)n[nH]3)cn2)n1. The lowest BCUT2D eigenvalue weighted by atomic mass is 10.1. The second-order valence-corrected chi connectivity index (χ2v) is 6.72. The van der Waals surface area contributed by atoms with Gasteiger partial charge in [-0.3, -0.25) is 9.89 Å². The summed E-state index contributed by atoms with van der Waals surface area (Å²) < 4.78 is 14.8. The Kier molecular flexibility index (Phi) is 4.90. The lowest BCUT2D eigenvalue weighted by Gasteiger charge is -2.06. The summed E-state index contributed by atoms with van der Waals surface area (Å²) in [6.07, 6.45) is 1.71. The number of nitrogens with zero attached hydrogens (tertiary/aromatic N) is 4. The Morgan fingerprint density at radius 3 is 2.59 bits per heavy atom. The third-order valence-electron chi connectivity index (χ3n) is 4.45. The Morgan fingerprint density at radius 1 is 1.14 bits per heavy atom. The summed E-state index contributed by atoms with van der Waals surface area (Å²) in [4.78, 5) is 16.8. The Morgan fingerprint density at radius 2 is 1.93 bits per heavy atom. The minimum atomic E-state index is -0.320. The number of halogens is 1. The first kappa shape index (κ1) is 18.5. The van der Waals surface area contributed by atoms with E-state index >= 15 is 0 Å². The first-order valence-corrected chi connectivity index (χ1v) is 9.08. The molecule has 0 saturated heterocycles. The van der Waals surface area contributed by atoms with Crippen LogP contribution in [-0.4, -0.2) is 30.9 Å². The van der Waals surface area contributed by atoms with Crippen LogP contribution in [0.5, 0.6) is 0 Å². The lowest BCUT2D eigenvalue weighted by molar-refractivity contribution is 0.0946. The molecule has 7 nitrogen and oxygen atoms in total. The van der Waals surface area contributed by atoms with E-state index in [0.29, 0.717) is 17.9 Å². The number of hydrogen-bond acceptors (Lipinski definition) is 4. The van der Waals surface area contributed by atoms with Crippen molar-refractivity contribution in [3.8, 4) is 17.1 Å². The predicted octanol–water partition coefficient (Wildman–Crippen LogP) is 3.34. The van der Waals surface area contributed by atoms with Crippen LogP contribution in [0.25, 0.3) is 17.1 Å². The smallest absolute Gasteiger partial charge is 0.269 e. The molecule has 146 valence electrons. The van der Waals surface area contributed by atoms with Crippen LogP contribution >= 0.6 is 0 Å². The monoisotopic (exact) mass is 390 g/mol. The number of rotatable bonds is 5. The number of carbonyl (C=O) groups excluding carboxylic acids is 1. The molecule has 4 rings (SSSR count). The molecule has 3 aromatic heterocycles. The summed E-state index contributed by atoms with van der Waals surface area (Å²) in [6, 6.07) is 13.3. The van der Waals surface area contributed by atoms with Crippen LogP contribution < -0.4 is 5.32 Å². The van der Waals surface area contributed by atoms with Crippen LogP contribution in [0.15, 0.2) is 54.7 Å². The van der Waals surface area contributed by atoms with Gasteiger partial charge in [-0.2, -0.15) is 10.2 Å². The maximum atomic E-state index is 13.0. The summed E-state index contributed by atoms with van der Waals surface area (Å²) in [5.41, 5.74) is 4.43. The van der Waals surface area contributed by atoms with Crippen LogP contribution in [0.4, 0.5) is 4.39 Å². The number of pyridine rings is 1. The molecule has 0 radical (unpaired) electrons. The van der Waals surface area contributed by atoms with E-state index in [9.17, 15) is 9.18 Å². The highest BCUT2D eigenvalue weighted by Gasteiger charge is 2.11. The summed E-state index contributed by atoms with van der Waals surface area (Å²) in [7, 11) is 0. The molecule has 0 bridgehead atoms. The van der Waals surface area contributed by atoms with Gasteiger partial charge in [0.15, 0.2) is 5.82 Å². The Balaban J connectivity index is 1.39. The molecule has 0 saturated carbocycles. The van der Waals surface area contributed by atoms with Crippen molar-refractivity contribution in [2.24, 2.45) is 0 Å². The zero-order valence-corrected chi connectivity index (χ0v) is 16.0. The van der Waals surface area contributed by atoms with Crippen molar-refractivity contribution in [2.45, 2.75) is 20.4 Å². The van der Waals surface area contributed by atoms with Crippen LogP contribution in [0.1, 0.15) is 27.4 Å². The number of nitrogens with one attached hydrogen (secondary N) is 2. The van der Waals surface area contributed by atoms with Gasteiger partial charge in [-0.25, -0.2) is 14.1 Å². The third-order valence-corrected chi connectivity index (χ3v) is 4.45. The fourth-order valence-corrected chi connectivity index (χ4v) is 2.99. The van der Waals surface area contributed by atoms with Gasteiger partial charge in [0.05, 0.1) is 11.4 Å². The van der Waals surface area contributed by atoms with Crippen molar-refractivity contribution in [2.75, 3.05) is 0 Å². The molecule has 0 aliphatic carbocycles. The summed E-state index contributed by atoms with van der Waals surface area (Å²) in [6.45, 7) is 4.24. The highest BCUT2D eigenvalue weighted by atomic mass is 19.1. The fraction of sp³-hybridized carbons (Fsp3) is 0.143. The van der Waals surface area contributed by atoms with E-state index in [1.165, 1.54) is 12.1 Å². The van der Waals surface area contributed by atoms with E-state index in [1.54, 1.807) is 29.1 Å². The molecule has 2 N–H and O–H groups in total. The number of amides is 1. The van der Waals surface area contributed by atoms with E-state index in [1.807, 2.05) is 32.0 Å². The molecule has 0 aliphatic heterocycles. The number of hydrogen-bond donors (Lipinski definition) is 2. The van der Waals surface area contributed by atoms with Gasteiger partial charge in [0.1, 0.15) is 11.5 Å². The lowest BCUT2D eigenvalue weighted by Crippen LogP contribution is -2.23. The zero-order valence-electron chi connectivity index (χ0n) is 16.0. The van der Waals surface area contributed by atoms with Gasteiger partial charge < -0.3 is 5.32 Å². The Hall–Kier alpha value is -3.81. The minimum Gasteiger partial charge on any atom is -0.347 e. The highest BCUT2D eigenvalue weighted by Crippen LogP contribution is 2.18. The highest BCUT2D eigenvalue weighted by molar-refractivity contribution is 5.93. The van der Waals surface area contributed by atoms with Crippen molar-refractivity contribution < 1.29 is 9.18 Å². The summed E-state index contributed by atoms with van der Waals surface area (Å²) in [5.74, 6) is 0.122. The topological polar surface area (TPSA) is 88.5 Å². The van der Waals surface area contributed by atoms with E-state index in [0.717, 1.165) is 28.3 Å². The molecular weight excluding hydrogens is 371 g/mol. The molecule has 0 fully saturated rings. The number of H-pyrrole nitrogens is 1. The zero-order chi connectivity index (χ0) is 20.4. The first-order valence-electron chi connectivity index (χ1n) is 9.08. The molecule has 0 spiro atoms. The first-order chi connectivity index (χ1) is 14.0. The number of carbonyl (C=O) groups is 1. The molecule has 0 unspecified atom stereocenters. The molecular formula is C21H19FN6O. The summed E-state index contributed by atoms with van der Waals surface area (Å²) in [5, 5.41) is 14.1. The van der Waals surface area contributed by atoms with E-state index in [4.69, 9.17) is 0 Å². The average molecular weight is 390 g/mol. The van der Waals surface area contributed by atoms with Gasteiger partial charge >= 0.3 is 0 Å². The van der Waals surface area contributed by atoms with Crippen molar-refractivity contribution in [3.05, 3.63) is 83.2 Å². The molecule has 8 heteroatoms. The van der Waals surface area contributed by atoms with E-state index in [2.05, 4.69) is 25.6 Å². The standard InChI is InChI=1S/C21H19FN6O/c1-13-9-14(2)28(27-13)20-8-3-15(11-23-20)12-24-21(29)19-10-18(25-26-19)16-4-6-17(22)7-5-16/h3-11H,12H2,1-2H3,(H,24,29)(H,25,26). The molecule has 3 heterocycles. The van der Waals surface area contributed by atoms with Gasteiger partial charge in [0.2, 0.25) is 0 Å². The van der Waals surface area contributed by atoms with Gasteiger partial charge in [-0.05, 0) is 61.9 Å². The Bertz CT molecular complexity index is 1140. The second kappa shape index (κ2) is 7.67. The van der Waals surface area contributed by atoms with Gasteiger partial charge in [0.25, 0.3) is 5.91 Å². The third kappa shape index (κ3) is 4.06. The molecule has 4 aromatic rings.